The van der Waals surface area contributed by atoms with E-state index in [1.54, 1.807) is 0 Å². The minimum absolute atomic E-state index is 0.0170. The Hall–Kier alpha value is -2.98. The zero-order valence-electron chi connectivity index (χ0n) is 47.5. The summed E-state index contributed by atoms with van der Waals surface area (Å²) >= 11 is 0. The van der Waals surface area contributed by atoms with Crippen LogP contribution in [0.25, 0.3) is 0 Å². The molecule has 0 radical (unpaired) electrons. The number of carbonyl (C=O) groups excluding carboxylic acids is 1. The fourth-order valence-corrected chi connectivity index (χ4v) is 9.22. The van der Waals surface area contributed by atoms with Crippen molar-refractivity contribution in [1.82, 2.24) is 0 Å². The van der Waals surface area contributed by atoms with Gasteiger partial charge in [-0.2, -0.15) is 8.42 Å². The first kappa shape index (κ1) is 71.0. The van der Waals surface area contributed by atoms with Gasteiger partial charge in [0.2, 0.25) is 0 Å². The number of esters is 1. The molecule has 1 fully saturated rings. The predicted molar refractivity (Wildman–Crippen MR) is 312 cm³/mol. The molecule has 1 aliphatic heterocycles. The first-order valence-electron chi connectivity index (χ1n) is 30.0. The lowest BCUT2D eigenvalue weighted by molar-refractivity contribution is -0.301. The molecule has 76 heavy (non-hydrogen) atoms. The normalized spacial score (nSPS) is 19.3. The van der Waals surface area contributed by atoms with Crippen LogP contribution in [0.4, 0.5) is 0 Å². The highest BCUT2D eigenvalue weighted by Crippen LogP contribution is 2.26. The monoisotopic (exact) mass is 1090 g/mol. The average molecular weight is 1090 g/mol. The van der Waals surface area contributed by atoms with Gasteiger partial charge in [0.1, 0.15) is 30.5 Å². The maximum atomic E-state index is 13.0. The van der Waals surface area contributed by atoms with Gasteiger partial charge < -0.3 is 34.3 Å². The van der Waals surface area contributed by atoms with Gasteiger partial charge in [-0.15, -0.1) is 0 Å². The van der Waals surface area contributed by atoms with E-state index in [1.165, 1.54) is 122 Å². The smallest absolute Gasteiger partial charge is 0.397 e. The van der Waals surface area contributed by atoms with Crippen LogP contribution in [0.15, 0.2) is 97.2 Å². The maximum absolute atomic E-state index is 13.0. The summed E-state index contributed by atoms with van der Waals surface area (Å²) in [5, 5.41) is 30.9. The molecule has 438 valence electrons. The predicted octanol–water partition coefficient (Wildman–Crippen LogP) is 15.3. The summed E-state index contributed by atoms with van der Waals surface area (Å²) in [5.41, 5.74) is 0. The molecule has 0 aromatic rings. The largest absolute Gasteiger partial charge is 0.457 e. The number of allylic oxidation sites excluding steroid dienone is 16. The van der Waals surface area contributed by atoms with Gasteiger partial charge in [0, 0.05) is 13.0 Å². The highest BCUT2D eigenvalue weighted by Gasteiger charge is 2.48. The Balaban J connectivity index is 2.33. The van der Waals surface area contributed by atoms with Crippen molar-refractivity contribution < 1.29 is 56.2 Å². The van der Waals surface area contributed by atoms with E-state index in [2.05, 4.69) is 115 Å². The van der Waals surface area contributed by atoms with Crippen molar-refractivity contribution in [3.05, 3.63) is 97.2 Å². The van der Waals surface area contributed by atoms with Crippen LogP contribution in [0, 0.1) is 0 Å². The summed E-state index contributed by atoms with van der Waals surface area (Å²) in [4.78, 5) is 13.0. The van der Waals surface area contributed by atoms with E-state index in [1.807, 2.05) is 0 Å². The molecule has 4 N–H and O–H groups in total. The molecule has 0 aromatic heterocycles. The lowest BCUT2D eigenvalue weighted by Gasteiger charge is -2.41. The summed E-state index contributed by atoms with van der Waals surface area (Å²) in [6.45, 7) is 3.85. The van der Waals surface area contributed by atoms with Gasteiger partial charge in [-0.05, 0) is 96.3 Å². The minimum Gasteiger partial charge on any atom is -0.457 e. The molecule has 13 heteroatoms. The summed E-state index contributed by atoms with van der Waals surface area (Å²) in [7, 11) is -5.08. The van der Waals surface area contributed by atoms with E-state index in [9.17, 15) is 33.1 Å². The SMILES string of the molecule is CC/C=C\C/C=C\C/C=C\C/C=C\C/C=C\C/C=C\C/C=C\CCCCCC(=O)OC(COCCCCCCCCCCCCCC/C=C\CCCCCCCCCC)COC1OC(CO)C(O)C(OS(=O)(=O)O)C1O. The second kappa shape index (κ2) is 52.7. The van der Waals surface area contributed by atoms with Crippen LogP contribution < -0.4 is 0 Å². The molecule has 6 unspecified atom stereocenters. The summed E-state index contributed by atoms with van der Waals surface area (Å²) < 4.78 is 59.4. The number of aliphatic hydroxyl groups is 3. The minimum atomic E-state index is -5.08. The second-order valence-electron chi connectivity index (χ2n) is 20.2. The van der Waals surface area contributed by atoms with Crippen molar-refractivity contribution in [3.63, 3.8) is 0 Å². The Kier molecular flexibility index (Phi) is 49.3. The third kappa shape index (κ3) is 44.9. The van der Waals surface area contributed by atoms with Crippen LogP contribution in [-0.2, 0) is 38.3 Å². The second-order valence-corrected chi connectivity index (χ2v) is 21.3. The van der Waals surface area contributed by atoms with E-state index in [0.29, 0.717) is 13.0 Å². The van der Waals surface area contributed by atoms with Crippen molar-refractivity contribution in [2.45, 2.75) is 269 Å². The number of carbonyl (C=O) groups is 1. The van der Waals surface area contributed by atoms with Gasteiger partial charge in [-0.3, -0.25) is 9.35 Å². The third-order valence-electron chi connectivity index (χ3n) is 13.2. The van der Waals surface area contributed by atoms with Crippen molar-refractivity contribution in [2.75, 3.05) is 26.4 Å². The molecule has 12 nitrogen and oxygen atoms in total. The van der Waals surface area contributed by atoms with Gasteiger partial charge in [0.05, 0.1) is 19.8 Å². The number of unbranched alkanes of at least 4 members (excludes halogenated alkanes) is 23. The van der Waals surface area contributed by atoms with Crippen LogP contribution in [0.5, 0.6) is 0 Å². The lowest BCUT2D eigenvalue weighted by atomic mass is 9.99. The molecule has 1 aliphatic rings. The number of aliphatic hydroxyl groups excluding tert-OH is 3. The highest BCUT2D eigenvalue weighted by atomic mass is 32.3. The van der Waals surface area contributed by atoms with Gasteiger partial charge in [-0.25, -0.2) is 4.18 Å². The fraction of sp³-hybridized carbons (Fsp3) is 0.730. The molecule has 0 amide bonds. The molecule has 0 aromatic carbocycles. The standard InChI is InChI=1S/C63H108O12S/c1-3-5-7-9-11-13-15-17-19-21-23-25-27-29-30-32-34-36-38-40-42-44-46-48-50-52-59(65)73-57(56-72-63-61(67)62(75-76(68,69)70)60(66)58(54-64)74-63)55-71-53-51-49-47-45-43-41-39-37-35-33-31-28-26-24-22-20-18-16-14-12-10-8-6-4-2/h5,7,11,13,17,19,22-25,29-30,34,36,40,42,57-58,60-64,66-67H,3-4,6,8-10,12,14-16,18,20-21,26-28,31-33,35,37-39,41,43-56H2,1-2H3,(H,68,69,70)/b7-5-,13-11-,19-17-,24-22-,25-23-,30-29-,36-34-,42-40-. The fourth-order valence-electron chi connectivity index (χ4n) is 8.71. The van der Waals surface area contributed by atoms with E-state index in [4.69, 9.17) is 18.9 Å². The summed E-state index contributed by atoms with van der Waals surface area (Å²) in [5.74, 6) is -0.432. The average Bonchev–Trinajstić information content (AvgIpc) is 3.40. The van der Waals surface area contributed by atoms with E-state index >= 15 is 0 Å². The topological polar surface area (TPSA) is 178 Å². The summed E-state index contributed by atoms with van der Waals surface area (Å²) in [6, 6.07) is 0. The molecular weight excluding hydrogens is 981 g/mol. The number of ether oxygens (including phenoxy) is 4. The Labute approximate surface area is 463 Å². The van der Waals surface area contributed by atoms with Crippen molar-refractivity contribution >= 4 is 16.4 Å². The molecule has 0 saturated carbocycles. The van der Waals surface area contributed by atoms with Crippen LogP contribution in [0.1, 0.15) is 232 Å². The first-order valence-corrected chi connectivity index (χ1v) is 31.4. The molecule has 0 bridgehead atoms. The highest BCUT2D eigenvalue weighted by molar-refractivity contribution is 7.80. The van der Waals surface area contributed by atoms with Crippen molar-refractivity contribution in [3.8, 4) is 0 Å². The first-order chi connectivity index (χ1) is 37.1. The quantitative estimate of drug-likeness (QED) is 0.0196. The van der Waals surface area contributed by atoms with Crippen LogP contribution in [0.2, 0.25) is 0 Å². The van der Waals surface area contributed by atoms with Crippen LogP contribution >= 0.6 is 0 Å². The zero-order chi connectivity index (χ0) is 55.3. The van der Waals surface area contributed by atoms with Gasteiger partial charge >= 0.3 is 16.4 Å². The maximum Gasteiger partial charge on any atom is 0.397 e. The molecule has 1 rings (SSSR count). The molecule has 6 atom stereocenters. The van der Waals surface area contributed by atoms with E-state index in [0.717, 1.165) is 83.5 Å². The van der Waals surface area contributed by atoms with E-state index in [-0.39, 0.29) is 19.6 Å². The third-order valence-corrected chi connectivity index (χ3v) is 13.7. The summed E-state index contributed by atoms with van der Waals surface area (Å²) in [6.07, 6.45) is 64.5. The van der Waals surface area contributed by atoms with Crippen LogP contribution in [-0.4, -0.2) is 97.5 Å². The molecule has 0 spiro atoms. The van der Waals surface area contributed by atoms with Gasteiger partial charge in [0.25, 0.3) is 0 Å². The Morgan fingerprint density at radius 1 is 0.513 bits per heavy atom. The van der Waals surface area contributed by atoms with Crippen molar-refractivity contribution in [1.29, 1.82) is 0 Å². The Bertz CT molecular complexity index is 1680. The van der Waals surface area contributed by atoms with Crippen LogP contribution in [0.3, 0.4) is 0 Å². The Morgan fingerprint density at radius 3 is 1.34 bits per heavy atom. The zero-order valence-corrected chi connectivity index (χ0v) is 48.4. The molecule has 1 heterocycles. The molecule has 0 aliphatic carbocycles. The number of hydrogen-bond donors (Lipinski definition) is 4. The van der Waals surface area contributed by atoms with Gasteiger partial charge in [-0.1, -0.05) is 227 Å². The Morgan fingerprint density at radius 2 is 0.908 bits per heavy atom. The van der Waals surface area contributed by atoms with Crippen molar-refractivity contribution in [2.24, 2.45) is 0 Å². The lowest BCUT2D eigenvalue weighted by Crippen LogP contribution is -2.60. The number of hydrogen-bond acceptors (Lipinski definition) is 11. The molecular formula is C63H108O12S. The number of rotatable bonds is 52. The molecule has 1 saturated heterocycles. The van der Waals surface area contributed by atoms with Gasteiger partial charge in [0.15, 0.2) is 6.29 Å². The van der Waals surface area contributed by atoms with E-state index < -0.39 is 59.8 Å².